The van der Waals surface area contributed by atoms with Gasteiger partial charge in [-0.25, -0.2) is 0 Å². The largest absolute Gasteiger partial charge is 0.313 e. The fourth-order valence-corrected chi connectivity index (χ4v) is 1.98. The summed E-state index contributed by atoms with van der Waals surface area (Å²) in [5, 5.41) is 19.3. The van der Waals surface area contributed by atoms with Crippen LogP contribution in [0.15, 0.2) is 24.3 Å². The summed E-state index contributed by atoms with van der Waals surface area (Å²) in [7, 11) is 1.82. The summed E-state index contributed by atoms with van der Waals surface area (Å²) in [6, 6.07) is 6.35. The SMILES string of the molecule is Cn1c(CBr)nnc1-c1cccc([N+](=O)[O-])c1. The first kappa shape index (κ1) is 11.7. The van der Waals surface area contributed by atoms with Gasteiger partial charge in [-0.2, -0.15) is 0 Å². The van der Waals surface area contributed by atoms with Crippen molar-refractivity contribution >= 4 is 21.6 Å². The Bertz CT molecular complexity index is 567. The van der Waals surface area contributed by atoms with Crippen molar-refractivity contribution in [1.82, 2.24) is 14.8 Å². The van der Waals surface area contributed by atoms with Crippen molar-refractivity contribution in [3.05, 3.63) is 40.2 Å². The lowest BCUT2D eigenvalue weighted by Gasteiger charge is -2.01. The molecule has 0 N–H and O–H groups in total. The molecule has 0 fully saturated rings. The van der Waals surface area contributed by atoms with Gasteiger partial charge in [0.15, 0.2) is 5.82 Å². The number of nitrogens with zero attached hydrogens (tertiary/aromatic N) is 4. The Morgan fingerprint density at radius 1 is 1.47 bits per heavy atom. The zero-order valence-corrected chi connectivity index (χ0v) is 10.6. The van der Waals surface area contributed by atoms with Crippen LogP contribution in [0.5, 0.6) is 0 Å². The molecule has 17 heavy (non-hydrogen) atoms. The number of aromatic nitrogens is 3. The van der Waals surface area contributed by atoms with Gasteiger partial charge < -0.3 is 4.57 Å². The predicted molar refractivity (Wildman–Crippen MR) is 65.7 cm³/mol. The van der Waals surface area contributed by atoms with Crippen molar-refractivity contribution in [2.75, 3.05) is 0 Å². The summed E-state index contributed by atoms with van der Waals surface area (Å²) in [6.07, 6.45) is 0. The topological polar surface area (TPSA) is 73.8 Å². The number of alkyl halides is 1. The summed E-state index contributed by atoms with van der Waals surface area (Å²) >= 11 is 3.30. The van der Waals surface area contributed by atoms with E-state index in [2.05, 4.69) is 26.1 Å². The molecule has 0 atom stereocenters. The van der Waals surface area contributed by atoms with Crippen LogP contribution < -0.4 is 0 Å². The molecule has 88 valence electrons. The second-order valence-electron chi connectivity index (χ2n) is 3.44. The Morgan fingerprint density at radius 3 is 2.82 bits per heavy atom. The highest BCUT2D eigenvalue weighted by Crippen LogP contribution is 2.22. The summed E-state index contributed by atoms with van der Waals surface area (Å²) in [5.74, 6) is 1.38. The molecule has 1 aromatic heterocycles. The number of hydrogen-bond acceptors (Lipinski definition) is 4. The minimum atomic E-state index is -0.425. The standard InChI is InChI=1S/C10H9BrN4O2/c1-14-9(6-11)12-13-10(14)7-3-2-4-8(5-7)15(16)17/h2-5H,6H2,1H3. The van der Waals surface area contributed by atoms with E-state index in [1.54, 1.807) is 16.7 Å². The molecular weight excluding hydrogens is 288 g/mol. The highest BCUT2D eigenvalue weighted by Gasteiger charge is 2.13. The molecule has 1 heterocycles. The van der Waals surface area contributed by atoms with Crippen LogP contribution in [0.25, 0.3) is 11.4 Å². The molecule has 2 aromatic rings. The molecule has 0 bridgehead atoms. The van der Waals surface area contributed by atoms with Crippen LogP contribution in [-0.4, -0.2) is 19.7 Å². The van der Waals surface area contributed by atoms with Gasteiger partial charge in [-0.3, -0.25) is 10.1 Å². The summed E-state index contributed by atoms with van der Waals surface area (Å²) < 4.78 is 1.80. The minimum absolute atomic E-state index is 0.0471. The van der Waals surface area contributed by atoms with Gasteiger partial charge in [-0.15, -0.1) is 10.2 Å². The zero-order valence-electron chi connectivity index (χ0n) is 9.00. The molecule has 0 amide bonds. The Kier molecular flexibility index (Phi) is 3.19. The maximum Gasteiger partial charge on any atom is 0.270 e. The minimum Gasteiger partial charge on any atom is -0.313 e. The van der Waals surface area contributed by atoms with Gasteiger partial charge in [0.2, 0.25) is 0 Å². The third-order valence-electron chi connectivity index (χ3n) is 2.40. The smallest absolute Gasteiger partial charge is 0.270 e. The second kappa shape index (κ2) is 4.62. The molecule has 0 aliphatic heterocycles. The van der Waals surface area contributed by atoms with E-state index in [9.17, 15) is 10.1 Å². The van der Waals surface area contributed by atoms with Crippen LogP contribution in [0, 0.1) is 10.1 Å². The number of benzene rings is 1. The molecule has 6 nitrogen and oxygen atoms in total. The van der Waals surface area contributed by atoms with Crippen LogP contribution in [0.3, 0.4) is 0 Å². The molecule has 0 saturated heterocycles. The zero-order chi connectivity index (χ0) is 12.4. The quantitative estimate of drug-likeness (QED) is 0.495. The summed E-state index contributed by atoms with van der Waals surface area (Å²) in [4.78, 5) is 10.3. The maximum absolute atomic E-state index is 10.7. The maximum atomic E-state index is 10.7. The first-order valence-corrected chi connectivity index (χ1v) is 5.94. The van der Waals surface area contributed by atoms with Gasteiger partial charge in [0.1, 0.15) is 5.82 Å². The van der Waals surface area contributed by atoms with E-state index < -0.39 is 4.92 Å². The molecule has 0 unspecified atom stereocenters. The lowest BCUT2D eigenvalue weighted by molar-refractivity contribution is -0.384. The van der Waals surface area contributed by atoms with E-state index in [0.29, 0.717) is 16.7 Å². The number of nitro groups is 1. The van der Waals surface area contributed by atoms with Crippen molar-refractivity contribution in [3.63, 3.8) is 0 Å². The van der Waals surface area contributed by atoms with Crippen molar-refractivity contribution in [2.45, 2.75) is 5.33 Å². The predicted octanol–water partition coefficient (Wildman–Crippen LogP) is 2.29. The summed E-state index contributed by atoms with van der Waals surface area (Å²) in [6.45, 7) is 0. The van der Waals surface area contributed by atoms with E-state index >= 15 is 0 Å². The number of rotatable bonds is 3. The Hall–Kier alpha value is -1.76. The number of nitro benzene ring substituents is 1. The molecule has 0 aliphatic rings. The molecule has 0 spiro atoms. The molecule has 2 rings (SSSR count). The highest BCUT2D eigenvalue weighted by atomic mass is 79.9. The van der Waals surface area contributed by atoms with E-state index in [1.165, 1.54) is 12.1 Å². The van der Waals surface area contributed by atoms with Crippen molar-refractivity contribution in [1.29, 1.82) is 0 Å². The van der Waals surface area contributed by atoms with Gasteiger partial charge in [-0.05, 0) is 0 Å². The van der Waals surface area contributed by atoms with E-state index in [1.807, 2.05) is 7.05 Å². The van der Waals surface area contributed by atoms with Crippen molar-refractivity contribution in [2.24, 2.45) is 7.05 Å². The molecule has 0 saturated carbocycles. The molecule has 0 radical (unpaired) electrons. The molecule has 1 aromatic carbocycles. The average molecular weight is 297 g/mol. The Morgan fingerprint density at radius 2 is 2.24 bits per heavy atom. The van der Waals surface area contributed by atoms with Crippen LogP contribution in [0.1, 0.15) is 5.82 Å². The van der Waals surface area contributed by atoms with Crippen LogP contribution in [0.4, 0.5) is 5.69 Å². The third kappa shape index (κ3) is 2.19. The Labute approximate surface area is 106 Å². The molecule has 0 aliphatic carbocycles. The van der Waals surface area contributed by atoms with Crippen molar-refractivity contribution in [3.8, 4) is 11.4 Å². The van der Waals surface area contributed by atoms with Gasteiger partial charge in [0.05, 0.1) is 10.3 Å². The van der Waals surface area contributed by atoms with Crippen LogP contribution in [0.2, 0.25) is 0 Å². The lowest BCUT2D eigenvalue weighted by atomic mass is 10.2. The number of hydrogen-bond donors (Lipinski definition) is 0. The van der Waals surface area contributed by atoms with E-state index in [0.717, 1.165) is 5.82 Å². The fraction of sp³-hybridized carbons (Fsp3) is 0.200. The van der Waals surface area contributed by atoms with Crippen molar-refractivity contribution < 1.29 is 4.92 Å². The Balaban J connectivity index is 2.49. The number of non-ortho nitro benzene ring substituents is 1. The van der Waals surface area contributed by atoms with Gasteiger partial charge in [0, 0.05) is 24.7 Å². The second-order valence-corrected chi connectivity index (χ2v) is 4.00. The first-order chi connectivity index (χ1) is 8.13. The van der Waals surface area contributed by atoms with Gasteiger partial charge in [0.25, 0.3) is 5.69 Å². The monoisotopic (exact) mass is 296 g/mol. The van der Waals surface area contributed by atoms with Gasteiger partial charge in [-0.1, -0.05) is 28.1 Å². The number of halogens is 1. The van der Waals surface area contributed by atoms with E-state index in [-0.39, 0.29) is 5.69 Å². The third-order valence-corrected chi connectivity index (χ3v) is 2.90. The van der Waals surface area contributed by atoms with E-state index in [4.69, 9.17) is 0 Å². The fourth-order valence-electron chi connectivity index (χ4n) is 1.49. The normalized spacial score (nSPS) is 10.5. The van der Waals surface area contributed by atoms with Crippen LogP contribution >= 0.6 is 15.9 Å². The highest BCUT2D eigenvalue weighted by molar-refractivity contribution is 9.08. The lowest BCUT2D eigenvalue weighted by Crippen LogP contribution is -1.97. The first-order valence-electron chi connectivity index (χ1n) is 4.82. The molecular formula is C10H9BrN4O2. The van der Waals surface area contributed by atoms with Gasteiger partial charge >= 0.3 is 0 Å². The van der Waals surface area contributed by atoms with Crippen LogP contribution in [-0.2, 0) is 12.4 Å². The average Bonchev–Trinajstić information content (AvgIpc) is 2.70. The molecule has 7 heteroatoms. The summed E-state index contributed by atoms with van der Waals surface area (Å²) in [5.41, 5.74) is 0.729.